The predicted molar refractivity (Wildman–Crippen MR) is 80.6 cm³/mol. The molecule has 1 unspecified atom stereocenters. The normalized spacial score (nSPS) is 18.5. The van der Waals surface area contributed by atoms with Gasteiger partial charge in [0.15, 0.2) is 0 Å². The summed E-state index contributed by atoms with van der Waals surface area (Å²) in [6, 6.07) is 3.53. The standard InChI is InChI=1S/C15H20F2N2O.ClH/c1-19(13-3-2-7-18-8-6-13)15(20)9-11-4-5-12(16)10-14(11)17;/h4-5,10,13,18H,2-3,6-9H2,1H3;1H. The van der Waals surface area contributed by atoms with E-state index in [4.69, 9.17) is 0 Å². The van der Waals surface area contributed by atoms with Gasteiger partial charge in [-0.3, -0.25) is 4.79 Å². The second kappa shape index (κ2) is 8.29. The summed E-state index contributed by atoms with van der Waals surface area (Å²) < 4.78 is 26.4. The molecule has 6 heteroatoms. The van der Waals surface area contributed by atoms with Gasteiger partial charge in [0.2, 0.25) is 5.91 Å². The summed E-state index contributed by atoms with van der Waals surface area (Å²) in [6.07, 6.45) is 2.88. The molecule has 1 aliphatic rings. The Bertz CT molecular complexity index is 477. The number of carbonyl (C=O) groups is 1. The lowest BCUT2D eigenvalue weighted by Gasteiger charge is -2.27. The van der Waals surface area contributed by atoms with Gasteiger partial charge in [-0.05, 0) is 44.0 Å². The Morgan fingerprint density at radius 2 is 2.10 bits per heavy atom. The molecule has 1 heterocycles. The van der Waals surface area contributed by atoms with Crippen LogP contribution in [0.2, 0.25) is 0 Å². The maximum atomic E-state index is 13.6. The van der Waals surface area contributed by atoms with Crippen molar-refractivity contribution in [3.05, 3.63) is 35.4 Å². The lowest BCUT2D eigenvalue weighted by Crippen LogP contribution is -2.38. The van der Waals surface area contributed by atoms with E-state index in [1.807, 2.05) is 0 Å². The van der Waals surface area contributed by atoms with Crippen LogP contribution < -0.4 is 5.32 Å². The molecule has 1 aromatic rings. The summed E-state index contributed by atoms with van der Waals surface area (Å²) in [5.41, 5.74) is 0.245. The van der Waals surface area contributed by atoms with Gasteiger partial charge in [0, 0.05) is 19.2 Å². The molecule has 0 saturated carbocycles. The molecule has 1 N–H and O–H groups in total. The second-order valence-electron chi connectivity index (χ2n) is 5.25. The largest absolute Gasteiger partial charge is 0.342 e. The molecule has 0 radical (unpaired) electrons. The van der Waals surface area contributed by atoms with Gasteiger partial charge in [-0.25, -0.2) is 8.78 Å². The average Bonchev–Trinajstić information content (AvgIpc) is 2.70. The van der Waals surface area contributed by atoms with Gasteiger partial charge in [-0.15, -0.1) is 12.4 Å². The Balaban J connectivity index is 0.00000220. The molecular weight excluding hydrogens is 298 g/mol. The van der Waals surface area contributed by atoms with E-state index >= 15 is 0 Å². The summed E-state index contributed by atoms with van der Waals surface area (Å²) in [5, 5.41) is 3.30. The SMILES string of the molecule is CN(C(=O)Cc1ccc(F)cc1F)C1CCCNCC1.Cl. The van der Waals surface area contributed by atoms with Crippen LogP contribution in [0.15, 0.2) is 18.2 Å². The van der Waals surface area contributed by atoms with Crippen molar-refractivity contribution in [3.8, 4) is 0 Å². The Labute approximate surface area is 130 Å². The van der Waals surface area contributed by atoms with Crippen LogP contribution in [0.25, 0.3) is 0 Å². The first-order chi connectivity index (χ1) is 9.58. The first-order valence-corrected chi connectivity index (χ1v) is 6.98. The van der Waals surface area contributed by atoms with Crippen molar-refractivity contribution in [2.24, 2.45) is 0 Å². The molecule has 21 heavy (non-hydrogen) atoms. The van der Waals surface area contributed by atoms with Crippen LogP contribution in [-0.4, -0.2) is 37.0 Å². The van der Waals surface area contributed by atoms with Crippen LogP contribution in [0.1, 0.15) is 24.8 Å². The smallest absolute Gasteiger partial charge is 0.227 e. The number of nitrogens with zero attached hydrogens (tertiary/aromatic N) is 1. The van der Waals surface area contributed by atoms with Gasteiger partial charge in [-0.2, -0.15) is 0 Å². The average molecular weight is 319 g/mol. The van der Waals surface area contributed by atoms with E-state index in [0.29, 0.717) is 0 Å². The first kappa shape index (κ1) is 17.9. The fraction of sp³-hybridized carbons (Fsp3) is 0.533. The minimum absolute atomic E-state index is 0. The van der Waals surface area contributed by atoms with Crippen molar-refractivity contribution in [2.75, 3.05) is 20.1 Å². The van der Waals surface area contributed by atoms with Gasteiger partial charge in [0.1, 0.15) is 11.6 Å². The summed E-state index contributed by atoms with van der Waals surface area (Å²) in [7, 11) is 1.76. The Morgan fingerprint density at radius 1 is 1.33 bits per heavy atom. The van der Waals surface area contributed by atoms with E-state index in [-0.39, 0.29) is 36.3 Å². The Kier molecular flexibility index (Phi) is 7.05. The molecule has 0 aliphatic carbocycles. The van der Waals surface area contributed by atoms with E-state index in [0.717, 1.165) is 38.4 Å². The van der Waals surface area contributed by atoms with Crippen LogP contribution >= 0.6 is 12.4 Å². The lowest BCUT2D eigenvalue weighted by molar-refractivity contribution is -0.131. The number of amides is 1. The maximum absolute atomic E-state index is 13.6. The minimum atomic E-state index is -0.658. The summed E-state index contributed by atoms with van der Waals surface area (Å²) in [4.78, 5) is 13.9. The quantitative estimate of drug-likeness (QED) is 0.929. The lowest BCUT2D eigenvalue weighted by atomic mass is 10.1. The van der Waals surface area contributed by atoms with Gasteiger partial charge >= 0.3 is 0 Å². The molecule has 1 amide bonds. The van der Waals surface area contributed by atoms with Crippen LogP contribution in [0, 0.1) is 11.6 Å². The van der Waals surface area contributed by atoms with E-state index in [2.05, 4.69) is 5.32 Å². The molecule has 2 rings (SSSR count). The van der Waals surface area contributed by atoms with E-state index in [1.165, 1.54) is 12.1 Å². The maximum Gasteiger partial charge on any atom is 0.227 e. The number of hydrogen-bond donors (Lipinski definition) is 1. The molecule has 1 atom stereocenters. The second-order valence-corrected chi connectivity index (χ2v) is 5.25. The van der Waals surface area contributed by atoms with E-state index in [9.17, 15) is 13.6 Å². The molecule has 1 fully saturated rings. The van der Waals surface area contributed by atoms with Gasteiger partial charge < -0.3 is 10.2 Å². The van der Waals surface area contributed by atoms with Crippen LogP contribution in [0.3, 0.4) is 0 Å². The zero-order valence-electron chi connectivity index (χ0n) is 12.1. The molecule has 1 saturated heterocycles. The van der Waals surface area contributed by atoms with Crippen molar-refractivity contribution in [1.29, 1.82) is 0 Å². The van der Waals surface area contributed by atoms with Gasteiger partial charge in [0.05, 0.1) is 6.42 Å². The van der Waals surface area contributed by atoms with Crippen molar-refractivity contribution in [3.63, 3.8) is 0 Å². The molecule has 118 valence electrons. The fourth-order valence-corrected chi connectivity index (χ4v) is 2.54. The third kappa shape index (κ3) is 4.93. The molecule has 1 aliphatic heterocycles. The van der Waals surface area contributed by atoms with E-state index < -0.39 is 11.6 Å². The molecule has 0 bridgehead atoms. The van der Waals surface area contributed by atoms with Crippen molar-refractivity contribution < 1.29 is 13.6 Å². The third-order valence-corrected chi connectivity index (χ3v) is 3.84. The molecule has 0 aromatic heterocycles. The Morgan fingerprint density at radius 3 is 2.81 bits per heavy atom. The number of halogens is 3. The summed E-state index contributed by atoms with van der Waals surface area (Å²) in [5.74, 6) is -1.40. The zero-order chi connectivity index (χ0) is 14.5. The van der Waals surface area contributed by atoms with Crippen molar-refractivity contribution in [1.82, 2.24) is 10.2 Å². The Hall–Kier alpha value is -1.20. The highest BCUT2D eigenvalue weighted by molar-refractivity contribution is 5.85. The van der Waals surface area contributed by atoms with Crippen LogP contribution in [0.4, 0.5) is 8.78 Å². The molecule has 0 spiro atoms. The summed E-state index contributed by atoms with van der Waals surface area (Å²) in [6.45, 7) is 1.87. The minimum Gasteiger partial charge on any atom is -0.342 e. The number of likely N-dealkylation sites (N-methyl/N-ethyl adjacent to an activating group) is 1. The predicted octanol–water partition coefficient (Wildman–Crippen LogP) is 2.53. The fourth-order valence-electron chi connectivity index (χ4n) is 2.54. The van der Waals surface area contributed by atoms with Crippen LogP contribution in [-0.2, 0) is 11.2 Å². The number of rotatable bonds is 3. The monoisotopic (exact) mass is 318 g/mol. The van der Waals surface area contributed by atoms with Gasteiger partial charge in [0.25, 0.3) is 0 Å². The molecule has 1 aromatic carbocycles. The third-order valence-electron chi connectivity index (χ3n) is 3.84. The number of carbonyl (C=O) groups excluding carboxylic acids is 1. The summed E-state index contributed by atoms with van der Waals surface area (Å²) >= 11 is 0. The van der Waals surface area contributed by atoms with Gasteiger partial charge in [-0.1, -0.05) is 6.07 Å². The first-order valence-electron chi connectivity index (χ1n) is 6.98. The van der Waals surface area contributed by atoms with Crippen LogP contribution in [0.5, 0.6) is 0 Å². The molecule has 3 nitrogen and oxygen atoms in total. The zero-order valence-corrected chi connectivity index (χ0v) is 12.9. The van der Waals surface area contributed by atoms with Crippen molar-refractivity contribution in [2.45, 2.75) is 31.7 Å². The number of benzene rings is 1. The highest BCUT2D eigenvalue weighted by Crippen LogP contribution is 2.15. The number of nitrogens with one attached hydrogen (secondary N) is 1. The van der Waals surface area contributed by atoms with E-state index in [1.54, 1.807) is 11.9 Å². The molecular formula is C15H21ClF2N2O. The topological polar surface area (TPSA) is 32.3 Å². The highest BCUT2D eigenvalue weighted by Gasteiger charge is 2.21. The van der Waals surface area contributed by atoms with Crippen molar-refractivity contribution >= 4 is 18.3 Å². The number of hydrogen-bond acceptors (Lipinski definition) is 2. The highest BCUT2D eigenvalue weighted by atomic mass is 35.5.